The number of benzene rings is 1. The molecule has 22 heavy (non-hydrogen) atoms. The van der Waals surface area contributed by atoms with E-state index in [4.69, 9.17) is 9.47 Å². The zero-order valence-corrected chi connectivity index (χ0v) is 14.2. The Balaban J connectivity index is 1.77. The van der Waals surface area contributed by atoms with Crippen LogP contribution in [0.15, 0.2) is 29.7 Å². The van der Waals surface area contributed by atoms with Crippen molar-refractivity contribution >= 4 is 11.8 Å². The Morgan fingerprint density at radius 1 is 1.23 bits per heavy atom. The fraction of sp³-hybridized carbons (Fsp3) is 0.500. The maximum absolute atomic E-state index is 5.86. The van der Waals surface area contributed by atoms with Crippen LogP contribution in [-0.2, 0) is 11.3 Å². The fourth-order valence-corrected chi connectivity index (χ4v) is 2.79. The van der Waals surface area contributed by atoms with Gasteiger partial charge in [-0.15, -0.1) is 10.2 Å². The fourth-order valence-electron chi connectivity index (χ4n) is 2.04. The second-order valence-corrected chi connectivity index (χ2v) is 6.18. The molecule has 0 fully saturated rings. The molecule has 0 aliphatic carbocycles. The highest BCUT2D eigenvalue weighted by atomic mass is 32.2. The molecule has 6 heteroatoms. The second-order valence-electron chi connectivity index (χ2n) is 5.12. The minimum atomic E-state index is 0.653. The van der Waals surface area contributed by atoms with E-state index >= 15 is 0 Å². The van der Waals surface area contributed by atoms with E-state index in [9.17, 15) is 0 Å². The average molecular weight is 321 g/mol. The first-order chi connectivity index (χ1) is 10.7. The highest BCUT2D eigenvalue weighted by Gasteiger charge is 2.05. The topological polar surface area (TPSA) is 49.2 Å². The summed E-state index contributed by atoms with van der Waals surface area (Å²) in [5, 5.41) is 9.06. The van der Waals surface area contributed by atoms with E-state index in [0.29, 0.717) is 6.61 Å². The van der Waals surface area contributed by atoms with E-state index in [0.717, 1.165) is 36.2 Å². The van der Waals surface area contributed by atoms with Crippen LogP contribution in [0, 0.1) is 13.8 Å². The van der Waals surface area contributed by atoms with Crippen LogP contribution in [0.4, 0.5) is 0 Å². The lowest BCUT2D eigenvalue weighted by molar-refractivity contribution is 0.189. The molecule has 1 heterocycles. The summed E-state index contributed by atoms with van der Waals surface area (Å²) in [5.41, 5.74) is 2.38. The van der Waals surface area contributed by atoms with Crippen molar-refractivity contribution in [3.8, 4) is 5.75 Å². The number of nitrogens with zero attached hydrogens (tertiary/aromatic N) is 3. The van der Waals surface area contributed by atoms with Crippen LogP contribution in [-0.4, -0.2) is 40.8 Å². The van der Waals surface area contributed by atoms with Crippen molar-refractivity contribution in [2.45, 2.75) is 32.0 Å². The lowest BCUT2D eigenvalue weighted by atomic mass is 10.1. The van der Waals surface area contributed by atoms with Crippen molar-refractivity contribution in [2.75, 3.05) is 26.1 Å². The minimum Gasteiger partial charge on any atom is -0.492 e. The van der Waals surface area contributed by atoms with E-state index in [-0.39, 0.29) is 0 Å². The van der Waals surface area contributed by atoms with Crippen molar-refractivity contribution in [1.82, 2.24) is 14.8 Å². The number of aryl methyl sites for hydroxylation is 3. The van der Waals surface area contributed by atoms with Gasteiger partial charge in [0.15, 0.2) is 5.16 Å². The molecule has 0 bridgehead atoms. The number of hydrogen-bond acceptors (Lipinski definition) is 5. The Morgan fingerprint density at radius 3 is 2.91 bits per heavy atom. The number of aromatic nitrogens is 3. The van der Waals surface area contributed by atoms with Crippen LogP contribution in [0.25, 0.3) is 0 Å². The molecule has 1 aromatic heterocycles. The van der Waals surface area contributed by atoms with Gasteiger partial charge in [-0.3, -0.25) is 0 Å². The quantitative estimate of drug-likeness (QED) is 0.525. The molecule has 0 unspecified atom stereocenters. The zero-order chi connectivity index (χ0) is 15.8. The zero-order valence-electron chi connectivity index (χ0n) is 13.4. The Hall–Kier alpha value is -1.53. The third kappa shape index (κ3) is 5.03. The SMILES string of the molecule is COCCCn1cnnc1SCCOc1cc(C)ccc1C. The van der Waals surface area contributed by atoms with Gasteiger partial charge in [-0.2, -0.15) is 0 Å². The Kier molecular flexibility index (Phi) is 6.74. The molecule has 0 amide bonds. The smallest absolute Gasteiger partial charge is 0.191 e. The lowest BCUT2D eigenvalue weighted by Crippen LogP contribution is -2.05. The summed E-state index contributed by atoms with van der Waals surface area (Å²) in [4.78, 5) is 0. The van der Waals surface area contributed by atoms with Crippen molar-refractivity contribution in [1.29, 1.82) is 0 Å². The number of rotatable bonds is 9. The van der Waals surface area contributed by atoms with E-state index < -0.39 is 0 Å². The van der Waals surface area contributed by atoms with Gasteiger partial charge in [-0.05, 0) is 37.5 Å². The number of ether oxygens (including phenoxy) is 2. The van der Waals surface area contributed by atoms with E-state index in [2.05, 4.69) is 46.8 Å². The van der Waals surface area contributed by atoms with Gasteiger partial charge in [0.2, 0.25) is 0 Å². The summed E-state index contributed by atoms with van der Waals surface area (Å²) >= 11 is 1.66. The Labute approximate surface area is 136 Å². The van der Waals surface area contributed by atoms with Crippen LogP contribution in [0.5, 0.6) is 5.75 Å². The summed E-state index contributed by atoms with van der Waals surface area (Å²) in [7, 11) is 1.71. The van der Waals surface area contributed by atoms with Gasteiger partial charge in [0.05, 0.1) is 6.61 Å². The largest absolute Gasteiger partial charge is 0.492 e. The first-order valence-corrected chi connectivity index (χ1v) is 8.39. The Morgan fingerprint density at radius 2 is 2.09 bits per heavy atom. The minimum absolute atomic E-state index is 0.653. The van der Waals surface area contributed by atoms with E-state index in [1.807, 2.05) is 0 Å². The normalized spacial score (nSPS) is 10.9. The maximum Gasteiger partial charge on any atom is 0.191 e. The van der Waals surface area contributed by atoms with Gasteiger partial charge in [0.1, 0.15) is 12.1 Å². The third-order valence-electron chi connectivity index (χ3n) is 3.24. The molecule has 1 aromatic carbocycles. The molecule has 0 N–H and O–H groups in total. The number of methoxy groups -OCH3 is 1. The van der Waals surface area contributed by atoms with Crippen molar-refractivity contribution in [3.63, 3.8) is 0 Å². The molecule has 0 radical (unpaired) electrons. The first-order valence-electron chi connectivity index (χ1n) is 7.40. The molecule has 0 atom stereocenters. The van der Waals surface area contributed by atoms with Crippen molar-refractivity contribution in [2.24, 2.45) is 0 Å². The predicted molar refractivity (Wildman–Crippen MR) is 88.7 cm³/mol. The summed E-state index contributed by atoms with van der Waals surface area (Å²) in [6.07, 6.45) is 2.73. The predicted octanol–water partition coefficient (Wildman–Crippen LogP) is 3.10. The summed E-state index contributed by atoms with van der Waals surface area (Å²) < 4.78 is 13.0. The molecule has 0 saturated carbocycles. The summed E-state index contributed by atoms with van der Waals surface area (Å²) in [6.45, 7) is 6.41. The van der Waals surface area contributed by atoms with Crippen molar-refractivity contribution < 1.29 is 9.47 Å². The molecule has 5 nitrogen and oxygen atoms in total. The molecule has 0 spiro atoms. The van der Waals surface area contributed by atoms with E-state index in [1.54, 1.807) is 25.2 Å². The molecule has 0 aliphatic heterocycles. The molecule has 0 aliphatic rings. The summed E-state index contributed by atoms with van der Waals surface area (Å²) in [5.74, 6) is 1.80. The first kappa shape index (κ1) is 16.8. The average Bonchev–Trinajstić information content (AvgIpc) is 2.95. The lowest BCUT2D eigenvalue weighted by Gasteiger charge is -2.10. The van der Waals surface area contributed by atoms with Crippen LogP contribution >= 0.6 is 11.8 Å². The molecular formula is C16H23N3O2S. The van der Waals surface area contributed by atoms with Gasteiger partial charge in [0.25, 0.3) is 0 Å². The third-order valence-corrected chi connectivity index (χ3v) is 4.19. The molecular weight excluding hydrogens is 298 g/mol. The Bertz CT molecular complexity index is 587. The highest BCUT2D eigenvalue weighted by molar-refractivity contribution is 7.99. The summed E-state index contributed by atoms with van der Waals surface area (Å²) in [6, 6.07) is 6.26. The van der Waals surface area contributed by atoms with Crippen LogP contribution < -0.4 is 4.74 Å². The highest BCUT2D eigenvalue weighted by Crippen LogP contribution is 2.20. The van der Waals surface area contributed by atoms with Crippen molar-refractivity contribution in [3.05, 3.63) is 35.7 Å². The molecule has 2 rings (SSSR count). The van der Waals surface area contributed by atoms with Gasteiger partial charge in [-0.1, -0.05) is 23.9 Å². The van der Waals surface area contributed by atoms with Gasteiger partial charge in [0, 0.05) is 26.0 Å². The molecule has 2 aromatic rings. The van der Waals surface area contributed by atoms with Gasteiger partial charge >= 0.3 is 0 Å². The standard InChI is InChI=1S/C16H23N3O2S/c1-13-5-6-14(2)15(11-13)21-9-10-22-16-18-17-12-19(16)7-4-8-20-3/h5-6,11-12H,4,7-10H2,1-3H3. The number of hydrogen-bond donors (Lipinski definition) is 0. The van der Waals surface area contributed by atoms with Crippen LogP contribution in [0.2, 0.25) is 0 Å². The van der Waals surface area contributed by atoms with Gasteiger partial charge in [-0.25, -0.2) is 0 Å². The van der Waals surface area contributed by atoms with E-state index in [1.165, 1.54) is 11.1 Å². The monoisotopic (exact) mass is 321 g/mol. The van der Waals surface area contributed by atoms with Crippen LogP contribution in [0.1, 0.15) is 17.5 Å². The number of thioether (sulfide) groups is 1. The molecule has 120 valence electrons. The molecule has 0 saturated heterocycles. The van der Waals surface area contributed by atoms with Gasteiger partial charge < -0.3 is 14.0 Å². The maximum atomic E-state index is 5.86. The van der Waals surface area contributed by atoms with Crippen LogP contribution in [0.3, 0.4) is 0 Å². The second kappa shape index (κ2) is 8.80.